The van der Waals surface area contributed by atoms with Gasteiger partial charge in [0.05, 0.1) is 13.0 Å². The first-order valence-corrected chi connectivity index (χ1v) is 7.05. The molecule has 3 heteroatoms. The number of fused-ring (bicyclic) bond motifs is 1. The van der Waals surface area contributed by atoms with Gasteiger partial charge in [-0.05, 0) is 43.6 Å². The molecule has 2 aliphatic rings. The molecule has 17 heavy (non-hydrogen) atoms. The summed E-state index contributed by atoms with van der Waals surface area (Å²) in [5, 5.41) is 0. The second-order valence-electron chi connectivity index (χ2n) is 5.90. The van der Waals surface area contributed by atoms with Gasteiger partial charge in [0.2, 0.25) is 0 Å². The van der Waals surface area contributed by atoms with Crippen LogP contribution in [-0.4, -0.2) is 19.1 Å². The van der Waals surface area contributed by atoms with E-state index < -0.39 is 0 Å². The highest BCUT2D eigenvalue weighted by Crippen LogP contribution is 2.52. The fraction of sp³-hybridized carbons (Fsp3) is 0.929. The topological polar surface area (TPSA) is 52.3 Å². The van der Waals surface area contributed by atoms with Crippen LogP contribution in [0, 0.1) is 17.3 Å². The highest BCUT2D eigenvalue weighted by Gasteiger charge is 2.46. The van der Waals surface area contributed by atoms with Crippen molar-refractivity contribution in [2.45, 2.75) is 51.9 Å². The molecule has 0 aromatic rings. The van der Waals surface area contributed by atoms with Crippen molar-refractivity contribution < 1.29 is 9.53 Å². The van der Waals surface area contributed by atoms with E-state index in [9.17, 15) is 4.79 Å². The Morgan fingerprint density at radius 3 is 2.35 bits per heavy atom. The predicted molar refractivity (Wildman–Crippen MR) is 67.4 cm³/mol. The molecule has 2 aliphatic carbocycles. The van der Waals surface area contributed by atoms with Gasteiger partial charge in [0.15, 0.2) is 0 Å². The van der Waals surface area contributed by atoms with Crippen LogP contribution in [0.5, 0.6) is 0 Å². The lowest BCUT2D eigenvalue weighted by molar-refractivity contribution is -0.145. The SMILES string of the molecule is CCOC(=O)CC1(CN)C[C@H]2CCCC[C@H]2C1. The summed E-state index contributed by atoms with van der Waals surface area (Å²) < 4.78 is 5.09. The molecule has 2 saturated carbocycles. The number of carbonyl (C=O) groups excluding carboxylic acids is 1. The van der Waals surface area contributed by atoms with Crippen LogP contribution in [-0.2, 0) is 9.53 Å². The highest BCUT2D eigenvalue weighted by atomic mass is 16.5. The van der Waals surface area contributed by atoms with Crippen molar-refractivity contribution in [3.63, 3.8) is 0 Å². The molecule has 98 valence electrons. The predicted octanol–water partition coefficient (Wildman–Crippen LogP) is 2.48. The van der Waals surface area contributed by atoms with Gasteiger partial charge in [0.25, 0.3) is 0 Å². The van der Waals surface area contributed by atoms with Crippen molar-refractivity contribution in [3.8, 4) is 0 Å². The Hall–Kier alpha value is -0.570. The van der Waals surface area contributed by atoms with Gasteiger partial charge < -0.3 is 10.5 Å². The van der Waals surface area contributed by atoms with Gasteiger partial charge in [-0.25, -0.2) is 0 Å². The molecule has 2 rings (SSSR count). The van der Waals surface area contributed by atoms with Gasteiger partial charge in [-0.3, -0.25) is 4.79 Å². The van der Waals surface area contributed by atoms with E-state index in [-0.39, 0.29) is 11.4 Å². The molecule has 0 bridgehead atoms. The van der Waals surface area contributed by atoms with E-state index in [1.807, 2.05) is 6.92 Å². The molecule has 0 amide bonds. The van der Waals surface area contributed by atoms with E-state index in [0.717, 1.165) is 24.7 Å². The van der Waals surface area contributed by atoms with E-state index in [1.165, 1.54) is 25.7 Å². The number of hydrogen-bond acceptors (Lipinski definition) is 3. The smallest absolute Gasteiger partial charge is 0.306 e. The van der Waals surface area contributed by atoms with Crippen LogP contribution >= 0.6 is 0 Å². The van der Waals surface area contributed by atoms with Crippen LogP contribution in [0.2, 0.25) is 0 Å². The fourth-order valence-electron chi connectivity index (χ4n) is 3.92. The van der Waals surface area contributed by atoms with Crippen molar-refractivity contribution in [1.82, 2.24) is 0 Å². The van der Waals surface area contributed by atoms with Crippen molar-refractivity contribution in [3.05, 3.63) is 0 Å². The normalized spacial score (nSPS) is 36.6. The molecule has 3 atom stereocenters. The number of nitrogens with two attached hydrogens (primary N) is 1. The number of carbonyl (C=O) groups is 1. The van der Waals surface area contributed by atoms with Gasteiger partial charge in [0, 0.05) is 0 Å². The van der Waals surface area contributed by atoms with Gasteiger partial charge in [-0.2, -0.15) is 0 Å². The summed E-state index contributed by atoms with van der Waals surface area (Å²) in [4.78, 5) is 11.7. The molecule has 0 aromatic carbocycles. The van der Waals surface area contributed by atoms with E-state index >= 15 is 0 Å². The first kappa shape index (κ1) is 12.9. The molecule has 0 aromatic heterocycles. The molecule has 1 unspecified atom stereocenters. The summed E-state index contributed by atoms with van der Waals surface area (Å²) in [6.07, 6.45) is 8.23. The number of ether oxygens (including phenoxy) is 1. The average molecular weight is 239 g/mol. The third kappa shape index (κ3) is 2.82. The summed E-state index contributed by atoms with van der Waals surface area (Å²) >= 11 is 0. The number of hydrogen-bond donors (Lipinski definition) is 1. The minimum absolute atomic E-state index is 0.0475. The molecular weight excluding hydrogens is 214 g/mol. The molecule has 0 spiro atoms. The van der Waals surface area contributed by atoms with Crippen LogP contribution in [0.15, 0.2) is 0 Å². The van der Waals surface area contributed by atoms with Crippen LogP contribution in [0.25, 0.3) is 0 Å². The van der Waals surface area contributed by atoms with E-state index in [4.69, 9.17) is 10.5 Å². The van der Waals surface area contributed by atoms with Gasteiger partial charge in [0.1, 0.15) is 0 Å². The lowest BCUT2D eigenvalue weighted by Gasteiger charge is -2.26. The first-order valence-electron chi connectivity index (χ1n) is 7.05. The van der Waals surface area contributed by atoms with Crippen molar-refractivity contribution in [1.29, 1.82) is 0 Å². The molecule has 3 nitrogen and oxygen atoms in total. The Balaban J connectivity index is 1.98. The number of esters is 1. The van der Waals surface area contributed by atoms with Crippen LogP contribution in [0.3, 0.4) is 0 Å². The standard InChI is InChI=1S/C14H25NO2/c1-2-17-13(16)9-14(10-15)7-11-5-3-4-6-12(11)8-14/h11-12H,2-10,15H2,1H3/t11-,12+,14?. The lowest BCUT2D eigenvalue weighted by atomic mass is 9.81. The Labute approximate surface area is 104 Å². The summed E-state index contributed by atoms with van der Waals surface area (Å²) in [5.74, 6) is 1.58. The lowest BCUT2D eigenvalue weighted by Crippen LogP contribution is -2.31. The molecule has 2 N–H and O–H groups in total. The third-order valence-corrected chi connectivity index (χ3v) is 4.71. The fourth-order valence-corrected chi connectivity index (χ4v) is 3.92. The molecule has 2 fully saturated rings. The molecule has 0 saturated heterocycles. The third-order valence-electron chi connectivity index (χ3n) is 4.71. The maximum atomic E-state index is 11.7. The Bertz CT molecular complexity index is 263. The van der Waals surface area contributed by atoms with Crippen molar-refractivity contribution >= 4 is 5.97 Å². The number of rotatable bonds is 4. The van der Waals surface area contributed by atoms with E-state index in [1.54, 1.807) is 0 Å². The minimum atomic E-state index is -0.0587. The van der Waals surface area contributed by atoms with Crippen molar-refractivity contribution in [2.75, 3.05) is 13.2 Å². The zero-order valence-corrected chi connectivity index (χ0v) is 10.9. The molecular formula is C14H25NO2. The van der Waals surface area contributed by atoms with Crippen LogP contribution in [0.1, 0.15) is 51.9 Å². The summed E-state index contributed by atoms with van der Waals surface area (Å²) in [5.41, 5.74) is 6.01. The van der Waals surface area contributed by atoms with Crippen LogP contribution < -0.4 is 5.73 Å². The Kier molecular flexibility index (Phi) is 4.08. The Morgan fingerprint density at radius 1 is 1.29 bits per heavy atom. The van der Waals surface area contributed by atoms with E-state index in [0.29, 0.717) is 19.6 Å². The monoisotopic (exact) mass is 239 g/mol. The largest absolute Gasteiger partial charge is 0.466 e. The molecule has 0 heterocycles. The second kappa shape index (κ2) is 5.38. The Morgan fingerprint density at radius 2 is 1.88 bits per heavy atom. The van der Waals surface area contributed by atoms with E-state index in [2.05, 4.69) is 0 Å². The molecule has 0 aliphatic heterocycles. The molecule has 0 radical (unpaired) electrons. The van der Waals surface area contributed by atoms with Crippen LogP contribution in [0.4, 0.5) is 0 Å². The highest BCUT2D eigenvalue weighted by molar-refractivity contribution is 5.70. The van der Waals surface area contributed by atoms with Crippen molar-refractivity contribution in [2.24, 2.45) is 23.0 Å². The minimum Gasteiger partial charge on any atom is -0.466 e. The quantitative estimate of drug-likeness (QED) is 0.767. The maximum Gasteiger partial charge on any atom is 0.306 e. The zero-order valence-electron chi connectivity index (χ0n) is 10.9. The van der Waals surface area contributed by atoms with Gasteiger partial charge >= 0.3 is 5.97 Å². The maximum absolute atomic E-state index is 11.7. The van der Waals surface area contributed by atoms with Gasteiger partial charge in [-0.1, -0.05) is 25.7 Å². The summed E-state index contributed by atoms with van der Waals surface area (Å²) in [6.45, 7) is 2.98. The second-order valence-corrected chi connectivity index (χ2v) is 5.90. The summed E-state index contributed by atoms with van der Waals surface area (Å²) in [6, 6.07) is 0. The summed E-state index contributed by atoms with van der Waals surface area (Å²) in [7, 11) is 0. The van der Waals surface area contributed by atoms with Gasteiger partial charge in [-0.15, -0.1) is 0 Å². The average Bonchev–Trinajstić information content (AvgIpc) is 2.67. The first-order chi connectivity index (χ1) is 8.19. The zero-order chi connectivity index (χ0) is 12.3.